The highest BCUT2D eigenvalue weighted by molar-refractivity contribution is 5.87. The fourth-order valence-corrected chi connectivity index (χ4v) is 7.34. The molecule has 0 spiro atoms. The SMILES string of the molecule is CC1(C)c2ccccc2N(c2ccccc2)c2ccc(Oc3ccc4c(c3)C(C)(C)c3ccccc3N4c3ccccc3)cc21. The van der Waals surface area contributed by atoms with E-state index in [9.17, 15) is 0 Å². The molecular formula is C42H36N2O. The van der Waals surface area contributed by atoms with Crippen molar-refractivity contribution in [3.8, 4) is 11.5 Å². The first-order valence-corrected chi connectivity index (χ1v) is 15.7. The molecule has 0 fully saturated rings. The van der Waals surface area contributed by atoms with Crippen molar-refractivity contribution in [2.24, 2.45) is 0 Å². The molecule has 0 bridgehead atoms. The monoisotopic (exact) mass is 584 g/mol. The molecule has 45 heavy (non-hydrogen) atoms. The van der Waals surface area contributed by atoms with Crippen molar-refractivity contribution < 1.29 is 4.74 Å². The number of nitrogens with zero attached hydrogens (tertiary/aromatic N) is 2. The van der Waals surface area contributed by atoms with Crippen LogP contribution in [0.4, 0.5) is 34.1 Å². The second-order valence-corrected chi connectivity index (χ2v) is 13.1. The molecule has 6 aromatic carbocycles. The Morgan fingerprint density at radius 3 is 1.16 bits per heavy atom. The number of fused-ring (bicyclic) bond motifs is 4. The number of ether oxygens (including phenoxy) is 1. The third kappa shape index (κ3) is 4.26. The molecule has 0 amide bonds. The highest BCUT2D eigenvalue weighted by atomic mass is 16.5. The largest absolute Gasteiger partial charge is 0.457 e. The smallest absolute Gasteiger partial charge is 0.127 e. The minimum absolute atomic E-state index is 0.200. The Hall–Kier alpha value is -5.28. The van der Waals surface area contributed by atoms with Gasteiger partial charge in [0.2, 0.25) is 0 Å². The first-order valence-electron chi connectivity index (χ1n) is 15.7. The summed E-state index contributed by atoms with van der Waals surface area (Å²) in [4.78, 5) is 4.74. The van der Waals surface area contributed by atoms with Gasteiger partial charge in [0.15, 0.2) is 0 Å². The first-order chi connectivity index (χ1) is 21.8. The van der Waals surface area contributed by atoms with Crippen molar-refractivity contribution in [1.82, 2.24) is 0 Å². The van der Waals surface area contributed by atoms with Crippen molar-refractivity contribution in [3.63, 3.8) is 0 Å². The van der Waals surface area contributed by atoms with Crippen molar-refractivity contribution in [3.05, 3.63) is 168 Å². The van der Waals surface area contributed by atoms with Crippen LogP contribution in [-0.2, 0) is 10.8 Å². The van der Waals surface area contributed by atoms with E-state index in [4.69, 9.17) is 4.74 Å². The van der Waals surface area contributed by atoms with Gasteiger partial charge in [0.05, 0.1) is 22.7 Å². The van der Waals surface area contributed by atoms with Gasteiger partial charge in [0.25, 0.3) is 0 Å². The van der Waals surface area contributed by atoms with Gasteiger partial charge in [-0.05, 0) is 95.1 Å². The highest BCUT2D eigenvalue weighted by Crippen LogP contribution is 2.54. The zero-order valence-electron chi connectivity index (χ0n) is 26.2. The molecule has 0 aliphatic carbocycles. The number of rotatable bonds is 4. The van der Waals surface area contributed by atoms with Crippen LogP contribution in [0.5, 0.6) is 11.5 Å². The van der Waals surface area contributed by atoms with E-state index in [1.807, 2.05) is 0 Å². The van der Waals surface area contributed by atoms with Gasteiger partial charge in [-0.3, -0.25) is 0 Å². The second kappa shape index (κ2) is 10.1. The average molecular weight is 585 g/mol. The molecule has 3 heteroatoms. The van der Waals surface area contributed by atoms with E-state index in [0.29, 0.717) is 0 Å². The van der Waals surface area contributed by atoms with Gasteiger partial charge < -0.3 is 14.5 Å². The lowest BCUT2D eigenvalue weighted by Crippen LogP contribution is -2.30. The molecule has 0 aromatic heterocycles. The Balaban J connectivity index is 1.22. The Labute approximate surface area is 266 Å². The van der Waals surface area contributed by atoms with E-state index in [1.54, 1.807) is 0 Å². The van der Waals surface area contributed by atoms with Crippen LogP contribution in [0.1, 0.15) is 49.9 Å². The second-order valence-electron chi connectivity index (χ2n) is 13.1. The summed E-state index contributed by atoms with van der Waals surface area (Å²) in [6.45, 7) is 9.25. The quantitative estimate of drug-likeness (QED) is 0.205. The minimum atomic E-state index is -0.200. The molecule has 3 nitrogen and oxygen atoms in total. The lowest BCUT2D eigenvalue weighted by Gasteiger charge is -2.42. The van der Waals surface area contributed by atoms with E-state index in [2.05, 4.69) is 183 Å². The van der Waals surface area contributed by atoms with Crippen LogP contribution < -0.4 is 14.5 Å². The van der Waals surface area contributed by atoms with Gasteiger partial charge in [0, 0.05) is 22.2 Å². The van der Waals surface area contributed by atoms with Crippen molar-refractivity contribution in [2.45, 2.75) is 38.5 Å². The topological polar surface area (TPSA) is 15.7 Å². The predicted molar refractivity (Wildman–Crippen MR) is 187 cm³/mol. The lowest BCUT2D eigenvalue weighted by atomic mass is 9.73. The van der Waals surface area contributed by atoms with Gasteiger partial charge in [-0.1, -0.05) is 100 Å². The van der Waals surface area contributed by atoms with E-state index >= 15 is 0 Å². The molecule has 0 saturated heterocycles. The Kier molecular flexibility index (Phi) is 6.15. The third-order valence-electron chi connectivity index (χ3n) is 9.67. The number of benzene rings is 6. The van der Waals surface area contributed by atoms with Gasteiger partial charge in [-0.25, -0.2) is 0 Å². The summed E-state index contributed by atoms with van der Waals surface area (Å²) >= 11 is 0. The van der Waals surface area contributed by atoms with E-state index < -0.39 is 0 Å². The van der Waals surface area contributed by atoms with Crippen LogP contribution >= 0.6 is 0 Å². The Bertz CT molecular complexity index is 1900. The molecule has 220 valence electrons. The Morgan fingerprint density at radius 1 is 0.378 bits per heavy atom. The maximum absolute atomic E-state index is 6.72. The average Bonchev–Trinajstić information content (AvgIpc) is 3.07. The van der Waals surface area contributed by atoms with E-state index in [0.717, 1.165) is 22.9 Å². The fourth-order valence-electron chi connectivity index (χ4n) is 7.34. The number of anilines is 6. The normalized spacial score (nSPS) is 15.4. The van der Waals surface area contributed by atoms with Crippen molar-refractivity contribution >= 4 is 34.1 Å². The molecule has 2 aliphatic heterocycles. The summed E-state index contributed by atoms with van der Waals surface area (Å²) in [5, 5.41) is 0. The summed E-state index contributed by atoms with van der Waals surface area (Å²) in [7, 11) is 0. The zero-order chi connectivity index (χ0) is 30.8. The summed E-state index contributed by atoms with van der Waals surface area (Å²) in [6.07, 6.45) is 0. The maximum atomic E-state index is 6.72. The molecule has 8 rings (SSSR count). The van der Waals surface area contributed by atoms with Gasteiger partial charge in [0.1, 0.15) is 11.5 Å². The molecule has 0 N–H and O–H groups in total. The zero-order valence-corrected chi connectivity index (χ0v) is 26.2. The van der Waals surface area contributed by atoms with Gasteiger partial charge in [-0.2, -0.15) is 0 Å². The molecular weight excluding hydrogens is 548 g/mol. The molecule has 2 heterocycles. The van der Waals surface area contributed by atoms with Crippen LogP contribution in [0.2, 0.25) is 0 Å². The first kappa shape index (κ1) is 27.3. The van der Waals surface area contributed by atoms with Crippen LogP contribution in [-0.4, -0.2) is 0 Å². The van der Waals surface area contributed by atoms with Gasteiger partial charge in [-0.15, -0.1) is 0 Å². The molecule has 0 unspecified atom stereocenters. The predicted octanol–water partition coefficient (Wildman–Crippen LogP) is 11.7. The van der Waals surface area contributed by atoms with E-state index in [-0.39, 0.29) is 10.8 Å². The molecule has 0 saturated carbocycles. The summed E-state index contributed by atoms with van der Waals surface area (Å²) < 4.78 is 6.72. The number of hydrogen-bond donors (Lipinski definition) is 0. The molecule has 0 atom stereocenters. The molecule has 2 aliphatic rings. The van der Waals surface area contributed by atoms with Crippen LogP contribution in [0.15, 0.2) is 146 Å². The number of hydrogen-bond acceptors (Lipinski definition) is 3. The maximum Gasteiger partial charge on any atom is 0.127 e. The standard InChI is InChI=1S/C42H36N2O/c1-41(2)33-19-11-13-21-37(33)43(29-15-7-5-8-16-29)39-25-23-31(27-35(39)41)45-32-24-26-40-36(28-32)42(3,4)34-20-12-14-22-38(34)44(40)30-17-9-6-10-18-30/h5-28H,1-4H3. The highest BCUT2D eigenvalue weighted by Gasteiger charge is 2.38. The number of para-hydroxylation sites is 4. The lowest BCUT2D eigenvalue weighted by molar-refractivity contribution is 0.477. The summed E-state index contributed by atoms with van der Waals surface area (Å²) in [6, 6.07) is 51.8. The van der Waals surface area contributed by atoms with Crippen molar-refractivity contribution in [1.29, 1.82) is 0 Å². The van der Waals surface area contributed by atoms with Crippen LogP contribution in [0.25, 0.3) is 0 Å². The Morgan fingerprint density at radius 2 is 0.733 bits per heavy atom. The van der Waals surface area contributed by atoms with E-state index in [1.165, 1.54) is 45.0 Å². The van der Waals surface area contributed by atoms with Crippen molar-refractivity contribution in [2.75, 3.05) is 9.80 Å². The summed E-state index contributed by atoms with van der Waals surface area (Å²) in [5.74, 6) is 1.67. The summed E-state index contributed by atoms with van der Waals surface area (Å²) in [5.41, 5.74) is 11.8. The third-order valence-corrected chi connectivity index (χ3v) is 9.67. The minimum Gasteiger partial charge on any atom is -0.457 e. The van der Waals surface area contributed by atoms with Crippen LogP contribution in [0, 0.1) is 0 Å². The van der Waals surface area contributed by atoms with Gasteiger partial charge >= 0.3 is 0 Å². The van der Waals surface area contributed by atoms with Crippen LogP contribution in [0.3, 0.4) is 0 Å². The molecule has 0 radical (unpaired) electrons. The molecule has 6 aromatic rings. The fraction of sp³-hybridized carbons (Fsp3) is 0.143.